The van der Waals surface area contributed by atoms with Gasteiger partial charge in [0.15, 0.2) is 5.82 Å². The Kier molecular flexibility index (Phi) is 5.24. The molecule has 0 atom stereocenters. The molecule has 1 aliphatic heterocycles. The highest BCUT2D eigenvalue weighted by atomic mass is 16.1. The molecule has 0 saturated carbocycles. The molecule has 0 fully saturated rings. The number of amides is 1. The van der Waals surface area contributed by atoms with Crippen molar-refractivity contribution in [3.63, 3.8) is 0 Å². The smallest absolute Gasteiger partial charge is 0.255 e. The fraction of sp³-hybridized carbons (Fsp3) is 0.348. The van der Waals surface area contributed by atoms with Crippen molar-refractivity contribution in [2.24, 2.45) is 0 Å². The average molecular weight is 374 g/mol. The zero-order valence-electron chi connectivity index (χ0n) is 16.5. The number of carbonyl (C=O) groups excluding carboxylic acids is 1. The van der Waals surface area contributed by atoms with Gasteiger partial charge in [-0.3, -0.25) is 4.79 Å². The molecule has 28 heavy (non-hydrogen) atoms. The van der Waals surface area contributed by atoms with Crippen molar-refractivity contribution >= 4 is 11.6 Å². The minimum absolute atomic E-state index is 0.0940. The first-order valence-electron chi connectivity index (χ1n) is 10.0. The van der Waals surface area contributed by atoms with E-state index in [4.69, 9.17) is 0 Å². The van der Waals surface area contributed by atoms with Gasteiger partial charge < -0.3 is 9.88 Å². The number of aromatic nitrogens is 3. The molecule has 1 amide bonds. The number of anilines is 1. The normalized spacial score (nSPS) is 14.1. The van der Waals surface area contributed by atoms with E-state index in [1.165, 1.54) is 31.2 Å². The number of aryl methyl sites for hydroxylation is 3. The van der Waals surface area contributed by atoms with E-state index in [9.17, 15) is 4.79 Å². The van der Waals surface area contributed by atoms with E-state index in [1.54, 1.807) is 0 Å². The molecule has 5 heteroatoms. The molecular formula is C23H26N4O. The third kappa shape index (κ3) is 3.84. The van der Waals surface area contributed by atoms with E-state index < -0.39 is 0 Å². The molecule has 2 aromatic carbocycles. The molecule has 144 valence electrons. The van der Waals surface area contributed by atoms with Crippen LogP contribution in [-0.4, -0.2) is 20.7 Å². The maximum absolute atomic E-state index is 12.5. The first-order chi connectivity index (χ1) is 13.6. The van der Waals surface area contributed by atoms with E-state index in [2.05, 4.69) is 20.1 Å². The number of fused-ring (bicyclic) bond motifs is 1. The first-order valence-corrected chi connectivity index (χ1v) is 10.0. The highest BCUT2D eigenvalue weighted by molar-refractivity contribution is 6.04. The lowest BCUT2D eigenvalue weighted by molar-refractivity contribution is 0.102. The lowest BCUT2D eigenvalue weighted by Crippen LogP contribution is -2.12. The summed E-state index contributed by atoms with van der Waals surface area (Å²) >= 11 is 0. The largest absolute Gasteiger partial charge is 0.322 e. The van der Waals surface area contributed by atoms with Crippen molar-refractivity contribution in [2.45, 2.75) is 52.5 Å². The molecule has 3 aromatic rings. The second-order valence-corrected chi connectivity index (χ2v) is 7.59. The minimum atomic E-state index is -0.0940. The predicted octanol–water partition coefficient (Wildman–Crippen LogP) is 4.93. The molecule has 4 rings (SSSR count). The monoisotopic (exact) mass is 374 g/mol. The molecule has 0 unspecified atom stereocenters. The molecule has 1 N–H and O–H groups in total. The Morgan fingerprint density at radius 2 is 1.71 bits per heavy atom. The lowest BCUT2D eigenvalue weighted by Gasteiger charge is -2.13. The highest BCUT2D eigenvalue weighted by Crippen LogP contribution is 2.24. The van der Waals surface area contributed by atoms with E-state index in [0.717, 1.165) is 41.4 Å². The van der Waals surface area contributed by atoms with Crippen LogP contribution in [0.5, 0.6) is 0 Å². The third-order valence-corrected chi connectivity index (χ3v) is 5.53. The van der Waals surface area contributed by atoms with Gasteiger partial charge in [0.2, 0.25) is 0 Å². The SMILES string of the molecule is Cc1ccc(C(=O)Nc2ccc(-c3nnc4n3CCCCCC4)cc2)cc1C. The van der Waals surface area contributed by atoms with E-state index in [-0.39, 0.29) is 5.91 Å². The molecule has 2 heterocycles. The van der Waals surface area contributed by atoms with Crippen molar-refractivity contribution in [2.75, 3.05) is 5.32 Å². The molecular weight excluding hydrogens is 348 g/mol. The van der Waals surface area contributed by atoms with Gasteiger partial charge in [-0.15, -0.1) is 10.2 Å². The predicted molar refractivity (Wildman–Crippen MR) is 111 cm³/mol. The van der Waals surface area contributed by atoms with Crippen molar-refractivity contribution in [1.29, 1.82) is 0 Å². The lowest BCUT2D eigenvalue weighted by atomic mass is 10.1. The second kappa shape index (κ2) is 7.97. The van der Waals surface area contributed by atoms with Crippen LogP contribution in [-0.2, 0) is 13.0 Å². The minimum Gasteiger partial charge on any atom is -0.322 e. The first kappa shape index (κ1) is 18.4. The molecule has 0 bridgehead atoms. The van der Waals surface area contributed by atoms with Gasteiger partial charge in [0, 0.05) is 29.8 Å². The number of nitrogens with zero attached hydrogens (tertiary/aromatic N) is 3. The van der Waals surface area contributed by atoms with Crippen LogP contribution in [0.1, 0.15) is 53.0 Å². The Balaban J connectivity index is 1.51. The summed E-state index contributed by atoms with van der Waals surface area (Å²) in [5.74, 6) is 1.91. The van der Waals surface area contributed by atoms with Gasteiger partial charge in [0.05, 0.1) is 0 Å². The van der Waals surface area contributed by atoms with Crippen LogP contribution in [0.25, 0.3) is 11.4 Å². The van der Waals surface area contributed by atoms with Crippen molar-refractivity contribution in [3.05, 3.63) is 65.0 Å². The van der Waals surface area contributed by atoms with Crippen molar-refractivity contribution in [3.8, 4) is 11.4 Å². The molecule has 0 spiro atoms. The molecule has 1 aliphatic rings. The van der Waals surface area contributed by atoms with E-state index in [0.29, 0.717) is 5.56 Å². The summed E-state index contributed by atoms with van der Waals surface area (Å²) in [6.45, 7) is 5.04. The zero-order chi connectivity index (χ0) is 19.5. The van der Waals surface area contributed by atoms with Crippen LogP contribution in [0.2, 0.25) is 0 Å². The van der Waals surface area contributed by atoms with Crippen molar-refractivity contribution in [1.82, 2.24) is 14.8 Å². The van der Waals surface area contributed by atoms with E-state index in [1.807, 2.05) is 56.3 Å². The molecule has 0 radical (unpaired) electrons. The number of hydrogen-bond acceptors (Lipinski definition) is 3. The van der Waals surface area contributed by atoms with Gasteiger partial charge in [-0.05, 0) is 74.2 Å². The fourth-order valence-electron chi connectivity index (χ4n) is 3.66. The Bertz CT molecular complexity index is 988. The van der Waals surface area contributed by atoms with E-state index >= 15 is 0 Å². The summed E-state index contributed by atoms with van der Waals surface area (Å²) in [6, 6.07) is 13.6. The zero-order valence-corrected chi connectivity index (χ0v) is 16.5. The summed E-state index contributed by atoms with van der Waals surface area (Å²) in [6.07, 6.45) is 5.89. The van der Waals surface area contributed by atoms with Gasteiger partial charge in [-0.1, -0.05) is 18.9 Å². The standard InChI is InChI=1S/C23H26N4O/c1-16-8-9-19(15-17(16)2)23(28)24-20-12-10-18(11-13-20)22-26-25-21-7-5-3-4-6-14-27(21)22/h8-13,15H,3-7,14H2,1-2H3,(H,24,28). The van der Waals surface area contributed by atoms with Gasteiger partial charge >= 0.3 is 0 Å². The highest BCUT2D eigenvalue weighted by Gasteiger charge is 2.15. The maximum atomic E-state index is 12.5. The summed E-state index contributed by atoms with van der Waals surface area (Å²) in [5, 5.41) is 11.8. The average Bonchev–Trinajstić information content (AvgIpc) is 3.06. The quantitative estimate of drug-likeness (QED) is 0.707. The third-order valence-electron chi connectivity index (χ3n) is 5.53. The maximum Gasteiger partial charge on any atom is 0.255 e. The summed E-state index contributed by atoms with van der Waals surface area (Å²) in [4.78, 5) is 12.5. The van der Waals surface area contributed by atoms with Crippen LogP contribution in [0.15, 0.2) is 42.5 Å². The van der Waals surface area contributed by atoms with Crippen LogP contribution in [0.4, 0.5) is 5.69 Å². The van der Waals surface area contributed by atoms with Gasteiger partial charge in [0.25, 0.3) is 5.91 Å². The van der Waals surface area contributed by atoms with Gasteiger partial charge in [-0.2, -0.15) is 0 Å². The Morgan fingerprint density at radius 1 is 0.929 bits per heavy atom. The second-order valence-electron chi connectivity index (χ2n) is 7.59. The Labute approximate surface area is 165 Å². The summed E-state index contributed by atoms with van der Waals surface area (Å²) < 4.78 is 2.25. The number of carbonyl (C=O) groups is 1. The topological polar surface area (TPSA) is 59.8 Å². The molecule has 1 aromatic heterocycles. The molecule has 0 aliphatic carbocycles. The van der Waals surface area contributed by atoms with Crippen LogP contribution < -0.4 is 5.32 Å². The fourth-order valence-corrected chi connectivity index (χ4v) is 3.66. The van der Waals surface area contributed by atoms with Gasteiger partial charge in [0.1, 0.15) is 5.82 Å². The number of hydrogen-bond donors (Lipinski definition) is 1. The Hall–Kier alpha value is -2.95. The van der Waals surface area contributed by atoms with Crippen LogP contribution in [0, 0.1) is 13.8 Å². The number of rotatable bonds is 3. The van der Waals surface area contributed by atoms with Crippen LogP contribution >= 0.6 is 0 Å². The number of nitrogens with one attached hydrogen (secondary N) is 1. The van der Waals surface area contributed by atoms with Crippen LogP contribution in [0.3, 0.4) is 0 Å². The Morgan fingerprint density at radius 3 is 2.50 bits per heavy atom. The van der Waals surface area contributed by atoms with Gasteiger partial charge in [-0.25, -0.2) is 0 Å². The summed E-state index contributed by atoms with van der Waals surface area (Å²) in [7, 11) is 0. The van der Waals surface area contributed by atoms with Crippen molar-refractivity contribution < 1.29 is 4.79 Å². The molecule has 0 saturated heterocycles. The summed E-state index contributed by atoms with van der Waals surface area (Å²) in [5.41, 5.74) is 4.78. The molecule has 5 nitrogen and oxygen atoms in total. The number of benzene rings is 2.